The monoisotopic (exact) mass is 383 g/mol. The van der Waals surface area contributed by atoms with Gasteiger partial charge in [-0.15, -0.1) is 0 Å². The number of hydrogen-bond donors (Lipinski definition) is 2. The van der Waals surface area contributed by atoms with Crippen LogP contribution in [0, 0.1) is 0 Å². The lowest BCUT2D eigenvalue weighted by Crippen LogP contribution is -2.38. The molecule has 0 bridgehead atoms. The van der Waals surface area contributed by atoms with E-state index in [1.54, 1.807) is 17.0 Å². The number of likely N-dealkylation sites (tertiary alicyclic amines) is 1. The first-order valence-corrected chi connectivity index (χ1v) is 9.38. The number of pyridine rings is 1. The van der Waals surface area contributed by atoms with Gasteiger partial charge in [0.2, 0.25) is 5.91 Å². The van der Waals surface area contributed by atoms with E-state index in [-0.39, 0.29) is 18.4 Å². The maximum Gasteiger partial charge on any atom is 0.254 e. The first-order chi connectivity index (χ1) is 13.5. The van der Waals surface area contributed by atoms with Crippen LogP contribution >= 0.6 is 0 Å². The van der Waals surface area contributed by atoms with E-state index < -0.39 is 5.60 Å². The van der Waals surface area contributed by atoms with Gasteiger partial charge in [0, 0.05) is 31.8 Å². The molecule has 1 saturated heterocycles. The van der Waals surface area contributed by atoms with Crippen LogP contribution in [0.4, 0.5) is 5.82 Å². The van der Waals surface area contributed by atoms with Crippen LogP contribution in [0.5, 0.6) is 5.75 Å². The number of ether oxygens (including phenoxy) is 1. The van der Waals surface area contributed by atoms with Crippen molar-refractivity contribution in [1.82, 2.24) is 9.88 Å². The molecule has 1 atom stereocenters. The van der Waals surface area contributed by atoms with Crippen LogP contribution < -0.4 is 10.1 Å². The summed E-state index contributed by atoms with van der Waals surface area (Å²) in [6, 6.07) is 12.6. The Hall–Kier alpha value is -2.93. The molecule has 1 aromatic carbocycles. The minimum Gasteiger partial charge on any atom is -0.491 e. The smallest absolute Gasteiger partial charge is 0.254 e. The second-order valence-electron chi connectivity index (χ2n) is 7.08. The maximum atomic E-state index is 12.9. The third-order valence-corrected chi connectivity index (χ3v) is 4.77. The van der Waals surface area contributed by atoms with Gasteiger partial charge < -0.3 is 20.1 Å². The van der Waals surface area contributed by atoms with E-state index in [4.69, 9.17) is 4.74 Å². The lowest BCUT2D eigenvalue weighted by Gasteiger charge is -2.27. The third kappa shape index (κ3) is 5.29. The quantitative estimate of drug-likeness (QED) is 0.828. The summed E-state index contributed by atoms with van der Waals surface area (Å²) < 4.78 is 5.74. The number of benzene rings is 1. The van der Waals surface area contributed by atoms with E-state index in [0.717, 1.165) is 5.75 Å². The number of aromatic nitrogens is 1. The first kappa shape index (κ1) is 19.8. The second-order valence-corrected chi connectivity index (χ2v) is 7.08. The predicted octanol–water partition coefficient (Wildman–Crippen LogP) is 2.48. The molecule has 1 aliphatic rings. The fourth-order valence-electron chi connectivity index (χ4n) is 3.26. The Kier molecular flexibility index (Phi) is 6.26. The molecule has 0 radical (unpaired) electrons. The van der Waals surface area contributed by atoms with Gasteiger partial charge in [0.05, 0.1) is 0 Å². The summed E-state index contributed by atoms with van der Waals surface area (Å²) in [6.07, 6.45) is 3.19. The van der Waals surface area contributed by atoms with Crippen molar-refractivity contribution in [3.63, 3.8) is 0 Å². The molecule has 7 heteroatoms. The van der Waals surface area contributed by atoms with Gasteiger partial charge in [-0.2, -0.15) is 0 Å². The van der Waals surface area contributed by atoms with Crippen LogP contribution in [0.3, 0.4) is 0 Å². The minimum atomic E-state index is -0.968. The Morgan fingerprint density at radius 1 is 1.21 bits per heavy atom. The molecule has 2 heterocycles. The lowest BCUT2D eigenvalue weighted by molar-refractivity contribution is -0.114. The summed E-state index contributed by atoms with van der Waals surface area (Å²) in [4.78, 5) is 29.8. The van der Waals surface area contributed by atoms with Crippen LogP contribution in [0.15, 0.2) is 48.7 Å². The van der Waals surface area contributed by atoms with Crippen LogP contribution in [0.1, 0.15) is 36.5 Å². The Morgan fingerprint density at radius 3 is 2.75 bits per heavy atom. The van der Waals surface area contributed by atoms with E-state index in [2.05, 4.69) is 10.3 Å². The van der Waals surface area contributed by atoms with Gasteiger partial charge in [-0.05, 0) is 43.5 Å². The van der Waals surface area contributed by atoms with Gasteiger partial charge in [0.1, 0.15) is 23.8 Å². The summed E-state index contributed by atoms with van der Waals surface area (Å²) >= 11 is 0. The number of carbonyl (C=O) groups excluding carboxylic acids is 2. The van der Waals surface area contributed by atoms with Gasteiger partial charge in [-0.1, -0.05) is 18.2 Å². The number of nitrogens with zero attached hydrogens (tertiary/aromatic N) is 2. The largest absolute Gasteiger partial charge is 0.491 e. The summed E-state index contributed by atoms with van der Waals surface area (Å²) in [6.45, 7) is 2.58. The van der Waals surface area contributed by atoms with Crippen molar-refractivity contribution in [1.29, 1.82) is 0 Å². The normalized spacial score (nSPS) is 19.6. The number of carbonyl (C=O) groups is 2. The highest BCUT2D eigenvalue weighted by Crippen LogP contribution is 2.25. The molecule has 2 aromatic rings. The molecular weight excluding hydrogens is 358 g/mol. The van der Waals surface area contributed by atoms with Crippen molar-refractivity contribution in [2.45, 2.75) is 31.8 Å². The van der Waals surface area contributed by atoms with E-state index in [1.807, 2.05) is 30.3 Å². The van der Waals surface area contributed by atoms with Gasteiger partial charge >= 0.3 is 0 Å². The molecule has 148 valence electrons. The number of amides is 2. The van der Waals surface area contributed by atoms with E-state index in [9.17, 15) is 14.7 Å². The van der Waals surface area contributed by atoms with Gasteiger partial charge in [-0.3, -0.25) is 9.59 Å². The molecule has 1 fully saturated rings. The molecular formula is C21H25N3O4. The zero-order chi connectivity index (χ0) is 20.0. The lowest BCUT2D eigenvalue weighted by atomic mass is 9.96. The van der Waals surface area contributed by atoms with Crippen molar-refractivity contribution >= 4 is 17.6 Å². The van der Waals surface area contributed by atoms with Crippen LogP contribution in [-0.2, 0) is 4.79 Å². The van der Waals surface area contributed by atoms with Crippen molar-refractivity contribution < 1.29 is 19.4 Å². The molecule has 1 unspecified atom stereocenters. The highest BCUT2D eigenvalue weighted by Gasteiger charge is 2.32. The topological polar surface area (TPSA) is 91.8 Å². The summed E-state index contributed by atoms with van der Waals surface area (Å²) in [5, 5.41) is 13.5. The molecule has 0 spiro atoms. The van der Waals surface area contributed by atoms with E-state index in [1.165, 1.54) is 13.1 Å². The molecule has 0 saturated carbocycles. The summed E-state index contributed by atoms with van der Waals surface area (Å²) in [5.74, 6) is 0.689. The van der Waals surface area contributed by atoms with Crippen LogP contribution in [0.25, 0.3) is 0 Å². The average Bonchev–Trinajstić information content (AvgIpc) is 2.89. The molecule has 28 heavy (non-hydrogen) atoms. The highest BCUT2D eigenvalue weighted by molar-refractivity contribution is 5.96. The zero-order valence-electron chi connectivity index (χ0n) is 15.9. The van der Waals surface area contributed by atoms with Gasteiger partial charge in [-0.25, -0.2) is 4.98 Å². The Bertz CT molecular complexity index is 827. The van der Waals surface area contributed by atoms with Crippen LogP contribution in [0.2, 0.25) is 0 Å². The number of hydrogen-bond acceptors (Lipinski definition) is 5. The predicted molar refractivity (Wildman–Crippen MR) is 105 cm³/mol. The number of para-hydroxylation sites is 1. The van der Waals surface area contributed by atoms with Crippen LogP contribution in [-0.4, -0.2) is 52.1 Å². The Morgan fingerprint density at radius 2 is 2.00 bits per heavy atom. The molecule has 1 aliphatic heterocycles. The van der Waals surface area contributed by atoms with Crippen molar-refractivity contribution in [2.75, 3.05) is 25.0 Å². The first-order valence-electron chi connectivity index (χ1n) is 9.38. The second kappa shape index (κ2) is 8.84. The molecule has 2 amide bonds. The number of aliphatic hydroxyl groups is 1. The molecule has 2 N–H and O–H groups in total. The minimum absolute atomic E-state index is 0.137. The Labute approximate surface area is 164 Å². The van der Waals surface area contributed by atoms with Crippen molar-refractivity contribution in [3.05, 3.63) is 54.2 Å². The number of anilines is 1. The SMILES string of the molecule is CC(=O)Nc1cc(C(=O)N2CCCC(O)(COc3ccccc3)CC2)ccn1. The third-order valence-electron chi connectivity index (χ3n) is 4.77. The van der Waals surface area contributed by atoms with E-state index >= 15 is 0 Å². The summed E-state index contributed by atoms with van der Waals surface area (Å²) in [7, 11) is 0. The average molecular weight is 383 g/mol. The number of rotatable bonds is 5. The maximum absolute atomic E-state index is 12.9. The fourth-order valence-corrected chi connectivity index (χ4v) is 3.26. The fraction of sp³-hybridized carbons (Fsp3) is 0.381. The number of nitrogens with one attached hydrogen (secondary N) is 1. The van der Waals surface area contributed by atoms with Crippen molar-refractivity contribution in [3.8, 4) is 5.75 Å². The highest BCUT2D eigenvalue weighted by atomic mass is 16.5. The molecule has 1 aromatic heterocycles. The van der Waals surface area contributed by atoms with Crippen molar-refractivity contribution in [2.24, 2.45) is 0 Å². The van der Waals surface area contributed by atoms with Gasteiger partial charge in [0.15, 0.2) is 0 Å². The summed E-state index contributed by atoms with van der Waals surface area (Å²) in [5.41, 5.74) is -0.505. The van der Waals surface area contributed by atoms with Gasteiger partial charge in [0.25, 0.3) is 5.91 Å². The molecule has 0 aliphatic carbocycles. The van der Waals surface area contributed by atoms with E-state index in [0.29, 0.717) is 43.7 Å². The standard InChI is InChI=1S/C21H25N3O4/c1-16(25)23-19-14-17(8-11-22-19)20(26)24-12-5-9-21(27,10-13-24)15-28-18-6-3-2-4-7-18/h2-4,6-8,11,14,27H,5,9-10,12-13,15H2,1H3,(H,22,23,25). The molecule has 7 nitrogen and oxygen atoms in total. The zero-order valence-corrected chi connectivity index (χ0v) is 15.9. The Balaban J connectivity index is 1.61. The molecule has 3 rings (SSSR count).